The minimum atomic E-state index is -0.0542. The summed E-state index contributed by atoms with van der Waals surface area (Å²) in [6, 6.07) is 10.9. The lowest BCUT2D eigenvalue weighted by Crippen LogP contribution is -2.35. The summed E-state index contributed by atoms with van der Waals surface area (Å²) in [5.74, 6) is 1.21. The van der Waals surface area contributed by atoms with E-state index in [1.165, 1.54) is 0 Å². The van der Waals surface area contributed by atoms with E-state index in [1.54, 1.807) is 18.2 Å². The maximum Gasteiger partial charge on any atom is 0.251 e. The quantitative estimate of drug-likeness (QED) is 0.596. The maximum absolute atomic E-state index is 12.5. The number of nitrogens with one attached hydrogen (secondary N) is 2. The molecule has 0 aliphatic carbocycles. The van der Waals surface area contributed by atoms with Crippen LogP contribution >= 0.6 is 0 Å². The molecule has 1 saturated heterocycles. The molecule has 0 atom stereocenters. The van der Waals surface area contributed by atoms with Crippen molar-refractivity contribution in [3.63, 3.8) is 0 Å². The van der Waals surface area contributed by atoms with E-state index < -0.39 is 0 Å². The van der Waals surface area contributed by atoms with Crippen LogP contribution < -0.4 is 10.6 Å². The Labute approximate surface area is 176 Å². The summed E-state index contributed by atoms with van der Waals surface area (Å²) >= 11 is 0. The standard InChI is InChI=1S/C24H26N4O2/c1-15(2)20-12-19(25-3)13-21-22(20)30-24(28-21)18-6-4-17(5-7-18)23(29)27-14-16-8-10-26-11-9-16/h4-7,12-13,15-16,26H,8-11,14H2,1-2H3,(H,27,29). The lowest BCUT2D eigenvalue weighted by molar-refractivity contribution is 0.0944. The fraction of sp³-hybridized carbons (Fsp3) is 0.375. The summed E-state index contributed by atoms with van der Waals surface area (Å²) in [5, 5.41) is 6.39. The van der Waals surface area contributed by atoms with E-state index in [0.717, 1.165) is 49.2 Å². The third kappa shape index (κ3) is 4.22. The minimum Gasteiger partial charge on any atom is -0.436 e. The van der Waals surface area contributed by atoms with Crippen LogP contribution in [0.15, 0.2) is 40.8 Å². The van der Waals surface area contributed by atoms with E-state index in [2.05, 4.69) is 34.3 Å². The van der Waals surface area contributed by atoms with E-state index >= 15 is 0 Å². The molecular formula is C24H26N4O2. The van der Waals surface area contributed by atoms with Gasteiger partial charge in [0, 0.05) is 17.7 Å². The number of carbonyl (C=O) groups is 1. The molecule has 1 aliphatic heterocycles. The smallest absolute Gasteiger partial charge is 0.251 e. The number of rotatable bonds is 5. The van der Waals surface area contributed by atoms with Gasteiger partial charge in [-0.15, -0.1) is 0 Å². The zero-order valence-corrected chi connectivity index (χ0v) is 17.4. The SMILES string of the molecule is [C-]#[N+]c1cc(C(C)C)c2oc(-c3ccc(C(=O)NCC4CCNCC4)cc3)nc2c1. The number of nitrogens with zero attached hydrogens (tertiary/aromatic N) is 2. The second kappa shape index (κ2) is 8.68. The van der Waals surface area contributed by atoms with Crippen LogP contribution in [0.25, 0.3) is 27.4 Å². The Bertz CT molecular complexity index is 1090. The third-order valence-corrected chi connectivity index (χ3v) is 5.66. The average Bonchev–Trinajstić information content (AvgIpc) is 3.21. The summed E-state index contributed by atoms with van der Waals surface area (Å²) < 4.78 is 6.05. The van der Waals surface area contributed by atoms with Crippen LogP contribution in [-0.2, 0) is 0 Å². The molecule has 1 amide bonds. The van der Waals surface area contributed by atoms with Crippen molar-refractivity contribution in [2.24, 2.45) is 5.92 Å². The Morgan fingerprint density at radius 2 is 2.00 bits per heavy atom. The van der Waals surface area contributed by atoms with Crippen LogP contribution in [0.3, 0.4) is 0 Å². The van der Waals surface area contributed by atoms with Crippen LogP contribution in [-0.4, -0.2) is 30.5 Å². The molecule has 6 nitrogen and oxygen atoms in total. The van der Waals surface area contributed by atoms with Gasteiger partial charge in [-0.2, -0.15) is 0 Å². The first-order chi connectivity index (χ1) is 14.5. The number of hydrogen-bond donors (Lipinski definition) is 2. The second-order valence-corrected chi connectivity index (χ2v) is 8.15. The van der Waals surface area contributed by atoms with Gasteiger partial charge in [0.05, 0.1) is 12.1 Å². The van der Waals surface area contributed by atoms with Crippen molar-refractivity contribution in [2.75, 3.05) is 19.6 Å². The van der Waals surface area contributed by atoms with Crippen LogP contribution in [0.5, 0.6) is 0 Å². The molecule has 1 aliphatic rings. The number of aromatic nitrogens is 1. The fourth-order valence-electron chi connectivity index (χ4n) is 3.85. The molecule has 2 aromatic carbocycles. The van der Waals surface area contributed by atoms with E-state index in [1.807, 2.05) is 18.2 Å². The minimum absolute atomic E-state index is 0.0542. The van der Waals surface area contributed by atoms with Crippen LogP contribution in [0.1, 0.15) is 48.5 Å². The lowest BCUT2D eigenvalue weighted by atomic mass is 9.98. The Morgan fingerprint density at radius 3 is 2.67 bits per heavy atom. The monoisotopic (exact) mass is 402 g/mol. The van der Waals surface area contributed by atoms with Gasteiger partial charge in [-0.3, -0.25) is 4.79 Å². The van der Waals surface area contributed by atoms with Crippen molar-refractivity contribution in [1.29, 1.82) is 0 Å². The van der Waals surface area contributed by atoms with Crippen molar-refractivity contribution in [1.82, 2.24) is 15.6 Å². The summed E-state index contributed by atoms with van der Waals surface area (Å²) in [7, 11) is 0. The van der Waals surface area contributed by atoms with Gasteiger partial charge in [0.1, 0.15) is 0 Å². The van der Waals surface area contributed by atoms with Crippen molar-refractivity contribution in [2.45, 2.75) is 32.6 Å². The van der Waals surface area contributed by atoms with Crippen LogP contribution in [0.4, 0.5) is 5.69 Å². The summed E-state index contributed by atoms with van der Waals surface area (Å²) in [5.41, 5.74) is 4.38. The number of piperidine rings is 1. The topological polar surface area (TPSA) is 71.5 Å². The molecular weight excluding hydrogens is 376 g/mol. The zero-order valence-electron chi connectivity index (χ0n) is 17.4. The van der Waals surface area contributed by atoms with Crippen LogP contribution in [0, 0.1) is 12.5 Å². The Hall–Kier alpha value is -3.17. The normalized spacial score (nSPS) is 14.7. The molecule has 2 heterocycles. The van der Waals surface area contributed by atoms with Crippen molar-refractivity contribution in [3.05, 3.63) is 58.9 Å². The molecule has 0 radical (unpaired) electrons. The number of benzene rings is 2. The predicted octanol–water partition coefficient (Wildman–Crippen LogP) is 4.90. The van der Waals surface area contributed by atoms with E-state index in [9.17, 15) is 4.79 Å². The highest BCUT2D eigenvalue weighted by molar-refractivity contribution is 5.94. The van der Waals surface area contributed by atoms with Gasteiger partial charge in [-0.05, 0) is 79.7 Å². The van der Waals surface area contributed by atoms with Gasteiger partial charge in [-0.25, -0.2) is 9.83 Å². The lowest BCUT2D eigenvalue weighted by Gasteiger charge is -2.22. The van der Waals surface area contributed by atoms with Gasteiger partial charge in [0.25, 0.3) is 5.91 Å². The molecule has 1 aromatic heterocycles. The van der Waals surface area contributed by atoms with Crippen molar-refractivity contribution >= 4 is 22.7 Å². The number of hydrogen-bond acceptors (Lipinski definition) is 4. The van der Waals surface area contributed by atoms with Crippen molar-refractivity contribution < 1.29 is 9.21 Å². The summed E-state index contributed by atoms with van der Waals surface area (Å²) in [6.45, 7) is 14.2. The molecule has 3 aromatic rings. The van der Waals surface area contributed by atoms with Crippen LogP contribution in [0.2, 0.25) is 0 Å². The molecule has 154 valence electrons. The number of amides is 1. The summed E-state index contributed by atoms with van der Waals surface area (Å²) in [4.78, 5) is 20.6. The molecule has 1 fully saturated rings. The van der Waals surface area contributed by atoms with E-state index in [0.29, 0.717) is 28.6 Å². The molecule has 4 rings (SSSR count). The number of fused-ring (bicyclic) bond motifs is 1. The largest absolute Gasteiger partial charge is 0.436 e. The van der Waals surface area contributed by atoms with Gasteiger partial charge >= 0.3 is 0 Å². The van der Waals surface area contributed by atoms with Gasteiger partial charge < -0.3 is 15.1 Å². The third-order valence-electron chi connectivity index (χ3n) is 5.66. The highest BCUT2D eigenvalue weighted by Crippen LogP contribution is 2.33. The Balaban J connectivity index is 1.52. The Kier molecular flexibility index (Phi) is 5.82. The Morgan fingerprint density at radius 1 is 1.27 bits per heavy atom. The number of oxazole rings is 1. The number of carbonyl (C=O) groups excluding carboxylic acids is 1. The molecule has 0 unspecified atom stereocenters. The zero-order chi connectivity index (χ0) is 21.1. The first-order valence-electron chi connectivity index (χ1n) is 10.5. The van der Waals surface area contributed by atoms with E-state index in [4.69, 9.17) is 11.0 Å². The molecule has 30 heavy (non-hydrogen) atoms. The predicted molar refractivity (Wildman–Crippen MR) is 118 cm³/mol. The van der Waals surface area contributed by atoms with Gasteiger partial charge in [0.2, 0.25) is 5.89 Å². The van der Waals surface area contributed by atoms with E-state index in [-0.39, 0.29) is 11.8 Å². The maximum atomic E-state index is 12.5. The first-order valence-corrected chi connectivity index (χ1v) is 10.5. The van der Waals surface area contributed by atoms with Crippen molar-refractivity contribution in [3.8, 4) is 11.5 Å². The summed E-state index contributed by atoms with van der Waals surface area (Å²) in [6.07, 6.45) is 2.20. The molecule has 2 N–H and O–H groups in total. The van der Waals surface area contributed by atoms with Gasteiger partial charge in [0.15, 0.2) is 11.3 Å². The molecule has 0 bridgehead atoms. The first kappa shape index (κ1) is 20.1. The highest BCUT2D eigenvalue weighted by atomic mass is 16.3. The highest BCUT2D eigenvalue weighted by Gasteiger charge is 2.17. The average molecular weight is 402 g/mol. The molecule has 0 saturated carbocycles. The fourth-order valence-corrected chi connectivity index (χ4v) is 3.85. The van der Waals surface area contributed by atoms with Gasteiger partial charge in [-0.1, -0.05) is 13.8 Å². The second-order valence-electron chi connectivity index (χ2n) is 8.15. The molecule has 0 spiro atoms. The molecule has 6 heteroatoms.